The Labute approximate surface area is 182 Å². The van der Waals surface area contributed by atoms with Crippen molar-refractivity contribution in [3.63, 3.8) is 0 Å². The Morgan fingerprint density at radius 2 is 1.45 bits per heavy atom. The molecule has 0 aliphatic carbocycles. The highest BCUT2D eigenvalue weighted by Gasteiger charge is 2.40. The lowest BCUT2D eigenvalue weighted by atomic mass is 10.0. The molecule has 5 heteroatoms. The smallest absolute Gasteiger partial charge is 0.282 e. The van der Waals surface area contributed by atoms with Gasteiger partial charge in [-0.2, -0.15) is 0 Å². The number of benzene rings is 3. The maximum absolute atomic E-state index is 13.5. The first-order valence-corrected chi connectivity index (χ1v) is 10.2. The van der Waals surface area contributed by atoms with Crippen molar-refractivity contribution in [3.8, 4) is 0 Å². The molecule has 0 aromatic heterocycles. The summed E-state index contributed by atoms with van der Waals surface area (Å²) in [5.41, 5.74) is 5.77. The van der Waals surface area contributed by atoms with Crippen LogP contribution in [0.2, 0.25) is 0 Å². The fourth-order valence-electron chi connectivity index (χ4n) is 3.85. The monoisotopic (exact) mass is 411 g/mol. The summed E-state index contributed by atoms with van der Waals surface area (Å²) in [4.78, 5) is 30.2. The lowest BCUT2D eigenvalue weighted by Crippen LogP contribution is -2.32. The van der Waals surface area contributed by atoms with Crippen molar-refractivity contribution in [2.45, 2.75) is 13.8 Å². The van der Waals surface area contributed by atoms with Gasteiger partial charge in [0.2, 0.25) is 0 Å². The topological polar surface area (TPSA) is 52.7 Å². The molecule has 5 nitrogen and oxygen atoms in total. The summed E-state index contributed by atoms with van der Waals surface area (Å²) in [7, 11) is 3.85. The summed E-state index contributed by atoms with van der Waals surface area (Å²) in [6, 6.07) is 22.7. The maximum Gasteiger partial charge on any atom is 0.282 e. The van der Waals surface area contributed by atoms with Gasteiger partial charge in [0.1, 0.15) is 5.70 Å². The number of carbonyl (C=O) groups excluding carboxylic acids is 2. The quantitative estimate of drug-likeness (QED) is 0.615. The summed E-state index contributed by atoms with van der Waals surface area (Å²) in [5.74, 6) is -0.696. The number of imide groups is 1. The molecule has 156 valence electrons. The molecule has 0 unspecified atom stereocenters. The van der Waals surface area contributed by atoms with Gasteiger partial charge in [-0.05, 0) is 60.9 Å². The molecule has 0 fully saturated rings. The van der Waals surface area contributed by atoms with Gasteiger partial charge in [-0.3, -0.25) is 9.59 Å². The predicted molar refractivity (Wildman–Crippen MR) is 126 cm³/mol. The number of nitrogens with one attached hydrogen (secondary N) is 1. The number of anilines is 3. The van der Waals surface area contributed by atoms with Gasteiger partial charge >= 0.3 is 0 Å². The van der Waals surface area contributed by atoms with Crippen molar-refractivity contribution in [1.82, 2.24) is 0 Å². The molecule has 1 heterocycles. The van der Waals surface area contributed by atoms with Crippen LogP contribution in [0.15, 0.2) is 78.5 Å². The first-order valence-electron chi connectivity index (χ1n) is 10.2. The van der Waals surface area contributed by atoms with Gasteiger partial charge < -0.3 is 10.2 Å². The lowest BCUT2D eigenvalue weighted by molar-refractivity contribution is -0.120. The second kappa shape index (κ2) is 8.11. The molecule has 0 radical (unpaired) electrons. The van der Waals surface area contributed by atoms with Gasteiger partial charge in [-0.25, -0.2) is 4.90 Å². The summed E-state index contributed by atoms with van der Waals surface area (Å²) in [6.07, 6.45) is 0. The molecule has 0 saturated carbocycles. The highest BCUT2D eigenvalue weighted by atomic mass is 16.2. The van der Waals surface area contributed by atoms with Gasteiger partial charge in [-0.15, -0.1) is 0 Å². The van der Waals surface area contributed by atoms with E-state index in [-0.39, 0.29) is 17.5 Å². The molecular weight excluding hydrogens is 386 g/mol. The first kappa shape index (κ1) is 20.4. The van der Waals surface area contributed by atoms with E-state index < -0.39 is 0 Å². The number of amides is 2. The summed E-state index contributed by atoms with van der Waals surface area (Å²) >= 11 is 0. The standard InChI is InChI=1S/C26H25N3O2/c1-17-13-18(2)15-20(14-17)27-24-23(19-9-6-5-7-10-19)25(30)29(26(24)31)22-12-8-11-21(16-22)28(3)4/h5-16,27H,1-4H3. The van der Waals surface area contributed by atoms with Crippen LogP contribution in [0.25, 0.3) is 5.57 Å². The fourth-order valence-corrected chi connectivity index (χ4v) is 3.85. The third kappa shape index (κ3) is 3.94. The van der Waals surface area contributed by atoms with Crippen molar-refractivity contribution >= 4 is 34.4 Å². The molecular formula is C26H25N3O2. The zero-order chi connectivity index (χ0) is 22.1. The molecule has 1 N–H and O–H groups in total. The van der Waals surface area contributed by atoms with Crippen LogP contribution in [0.4, 0.5) is 17.1 Å². The van der Waals surface area contributed by atoms with Crippen LogP contribution in [-0.4, -0.2) is 25.9 Å². The van der Waals surface area contributed by atoms with Crippen LogP contribution in [0.3, 0.4) is 0 Å². The van der Waals surface area contributed by atoms with E-state index in [1.165, 1.54) is 4.90 Å². The Balaban J connectivity index is 1.82. The van der Waals surface area contributed by atoms with E-state index in [2.05, 4.69) is 11.4 Å². The molecule has 0 bridgehead atoms. The van der Waals surface area contributed by atoms with E-state index in [0.29, 0.717) is 16.8 Å². The van der Waals surface area contributed by atoms with Crippen molar-refractivity contribution in [1.29, 1.82) is 0 Å². The van der Waals surface area contributed by atoms with E-state index >= 15 is 0 Å². The average Bonchev–Trinajstić information content (AvgIpc) is 2.97. The van der Waals surface area contributed by atoms with Crippen LogP contribution in [0, 0.1) is 13.8 Å². The Bertz CT molecular complexity index is 1180. The largest absolute Gasteiger partial charge is 0.378 e. The van der Waals surface area contributed by atoms with Gasteiger partial charge in [-0.1, -0.05) is 42.5 Å². The van der Waals surface area contributed by atoms with Crippen molar-refractivity contribution in [2.24, 2.45) is 0 Å². The highest BCUT2D eigenvalue weighted by molar-refractivity contribution is 6.46. The molecule has 0 spiro atoms. The molecule has 3 aromatic carbocycles. The Morgan fingerprint density at radius 1 is 0.774 bits per heavy atom. The molecule has 2 amide bonds. The van der Waals surface area contributed by atoms with E-state index in [4.69, 9.17) is 0 Å². The van der Waals surface area contributed by atoms with Crippen LogP contribution >= 0.6 is 0 Å². The van der Waals surface area contributed by atoms with Crippen molar-refractivity contribution in [2.75, 3.05) is 29.2 Å². The SMILES string of the molecule is Cc1cc(C)cc(NC2=C(c3ccccc3)C(=O)N(c3cccc(N(C)C)c3)C2=O)c1. The number of carbonyl (C=O) groups is 2. The summed E-state index contributed by atoms with van der Waals surface area (Å²) in [5, 5.41) is 3.25. The average molecular weight is 412 g/mol. The molecule has 4 rings (SSSR count). The Hall–Kier alpha value is -3.86. The molecule has 0 atom stereocenters. The number of aryl methyl sites for hydroxylation is 2. The number of nitrogens with zero attached hydrogens (tertiary/aromatic N) is 2. The van der Waals surface area contributed by atoms with Crippen LogP contribution < -0.4 is 15.1 Å². The van der Waals surface area contributed by atoms with Crippen molar-refractivity contribution in [3.05, 3.63) is 95.2 Å². The third-order valence-corrected chi connectivity index (χ3v) is 5.24. The predicted octanol–water partition coefficient (Wildman–Crippen LogP) is 4.77. The zero-order valence-electron chi connectivity index (χ0n) is 18.1. The van der Waals surface area contributed by atoms with E-state index in [9.17, 15) is 9.59 Å². The van der Waals surface area contributed by atoms with E-state index in [1.807, 2.05) is 93.5 Å². The highest BCUT2D eigenvalue weighted by Crippen LogP contribution is 2.35. The lowest BCUT2D eigenvalue weighted by Gasteiger charge is -2.19. The number of hydrogen-bond donors (Lipinski definition) is 1. The minimum atomic E-state index is -0.362. The van der Waals surface area contributed by atoms with Crippen molar-refractivity contribution < 1.29 is 9.59 Å². The van der Waals surface area contributed by atoms with Crippen LogP contribution in [0.5, 0.6) is 0 Å². The maximum atomic E-state index is 13.5. The van der Waals surface area contributed by atoms with E-state index in [1.54, 1.807) is 6.07 Å². The second-order valence-electron chi connectivity index (χ2n) is 7.98. The summed E-state index contributed by atoms with van der Waals surface area (Å²) < 4.78 is 0. The molecule has 0 saturated heterocycles. The first-order chi connectivity index (χ1) is 14.8. The molecule has 3 aromatic rings. The van der Waals surface area contributed by atoms with Crippen LogP contribution in [0.1, 0.15) is 16.7 Å². The molecule has 1 aliphatic rings. The molecule has 1 aliphatic heterocycles. The van der Waals surface area contributed by atoms with Crippen LogP contribution in [-0.2, 0) is 9.59 Å². The van der Waals surface area contributed by atoms with Gasteiger partial charge in [0.05, 0.1) is 11.3 Å². The zero-order valence-corrected chi connectivity index (χ0v) is 18.1. The minimum Gasteiger partial charge on any atom is -0.378 e. The van der Waals surface area contributed by atoms with E-state index in [0.717, 1.165) is 22.5 Å². The van der Waals surface area contributed by atoms with Gasteiger partial charge in [0.15, 0.2) is 0 Å². The Morgan fingerprint density at radius 3 is 2.10 bits per heavy atom. The van der Waals surface area contributed by atoms with Gasteiger partial charge in [0.25, 0.3) is 11.8 Å². The minimum absolute atomic E-state index is 0.288. The molecule has 31 heavy (non-hydrogen) atoms. The number of rotatable bonds is 5. The number of hydrogen-bond acceptors (Lipinski definition) is 4. The second-order valence-corrected chi connectivity index (χ2v) is 7.98. The third-order valence-electron chi connectivity index (χ3n) is 5.24. The summed E-state index contributed by atoms with van der Waals surface area (Å²) in [6.45, 7) is 4.01. The fraction of sp³-hybridized carbons (Fsp3) is 0.154. The normalized spacial score (nSPS) is 13.7. The van der Waals surface area contributed by atoms with Gasteiger partial charge in [0, 0.05) is 25.5 Å². The Kier molecular flexibility index (Phi) is 5.34.